The fourth-order valence-corrected chi connectivity index (χ4v) is 3.40. The van der Waals surface area contributed by atoms with Crippen LogP contribution in [0.5, 0.6) is 0 Å². The molecule has 6 heteroatoms. The summed E-state index contributed by atoms with van der Waals surface area (Å²) in [4.78, 5) is 39.5. The summed E-state index contributed by atoms with van der Waals surface area (Å²) in [6.07, 6.45) is -0.127. The summed E-state index contributed by atoms with van der Waals surface area (Å²) in [6, 6.07) is 13.6. The molecule has 1 aliphatic heterocycles. The van der Waals surface area contributed by atoms with Crippen molar-refractivity contribution in [2.45, 2.75) is 33.0 Å². The Kier molecular flexibility index (Phi) is 6.44. The van der Waals surface area contributed by atoms with Crippen LogP contribution in [-0.2, 0) is 14.3 Å². The van der Waals surface area contributed by atoms with Gasteiger partial charge in [-0.05, 0) is 26.8 Å². The summed E-state index contributed by atoms with van der Waals surface area (Å²) in [5, 5.41) is 0. The fraction of sp³-hybridized carbons (Fsp3) is 0.348. The molecular formula is C23H25NO5. The van der Waals surface area contributed by atoms with E-state index in [1.165, 1.54) is 6.07 Å². The quantitative estimate of drug-likeness (QED) is 0.575. The third kappa shape index (κ3) is 5.09. The molecular weight excluding hydrogens is 370 g/mol. The molecule has 0 unspecified atom stereocenters. The molecule has 1 heterocycles. The molecule has 0 saturated carbocycles. The number of amides is 1. The van der Waals surface area contributed by atoms with Crippen LogP contribution in [0.2, 0.25) is 0 Å². The molecule has 1 saturated heterocycles. The molecule has 29 heavy (non-hydrogen) atoms. The maximum absolute atomic E-state index is 12.8. The molecule has 6 nitrogen and oxygen atoms in total. The number of rotatable bonds is 5. The maximum atomic E-state index is 12.8. The topological polar surface area (TPSA) is 72.9 Å². The summed E-state index contributed by atoms with van der Waals surface area (Å²) >= 11 is 0. The molecule has 0 N–H and O–H groups in total. The van der Waals surface area contributed by atoms with Crippen molar-refractivity contribution >= 4 is 17.7 Å². The van der Waals surface area contributed by atoms with E-state index >= 15 is 0 Å². The molecule has 1 aliphatic rings. The van der Waals surface area contributed by atoms with Gasteiger partial charge in [-0.1, -0.05) is 48.0 Å². The summed E-state index contributed by atoms with van der Waals surface area (Å²) in [5.41, 5.74) is 1.93. The zero-order valence-corrected chi connectivity index (χ0v) is 16.9. The van der Waals surface area contributed by atoms with Gasteiger partial charge in [0.05, 0.1) is 17.8 Å². The van der Waals surface area contributed by atoms with Gasteiger partial charge in [-0.3, -0.25) is 9.59 Å². The highest BCUT2D eigenvalue weighted by molar-refractivity contribution is 6.14. The number of esters is 1. The van der Waals surface area contributed by atoms with Gasteiger partial charge in [0, 0.05) is 24.2 Å². The zero-order valence-electron chi connectivity index (χ0n) is 16.9. The Labute approximate surface area is 170 Å². The largest absolute Gasteiger partial charge is 0.452 e. The highest BCUT2D eigenvalue weighted by Crippen LogP contribution is 2.17. The van der Waals surface area contributed by atoms with E-state index in [4.69, 9.17) is 9.47 Å². The van der Waals surface area contributed by atoms with Gasteiger partial charge in [0.15, 0.2) is 12.4 Å². The molecule has 3 rings (SSSR count). The van der Waals surface area contributed by atoms with Gasteiger partial charge in [0.1, 0.15) is 0 Å². The molecule has 0 bridgehead atoms. The number of ketones is 1. The summed E-state index contributed by atoms with van der Waals surface area (Å²) in [5.74, 6) is -1.23. The van der Waals surface area contributed by atoms with Crippen molar-refractivity contribution in [3.05, 3.63) is 70.8 Å². The third-order valence-electron chi connectivity index (χ3n) is 4.80. The third-order valence-corrected chi connectivity index (χ3v) is 4.80. The minimum atomic E-state index is -0.691. The van der Waals surface area contributed by atoms with E-state index < -0.39 is 5.97 Å². The molecule has 152 valence electrons. The van der Waals surface area contributed by atoms with Gasteiger partial charge >= 0.3 is 5.97 Å². The Morgan fingerprint density at radius 2 is 1.55 bits per heavy atom. The first-order chi connectivity index (χ1) is 13.8. The van der Waals surface area contributed by atoms with Crippen LogP contribution >= 0.6 is 0 Å². The van der Waals surface area contributed by atoms with Gasteiger partial charge < -0.3 is 14.4 Å². The van der Waals surface area contributed by atoms with E-state index in [1.807, 2.05) is 32.9 Å². The van der Waals surface area contributed by atoms with E-state index in [1.54, 1.807) is 35.2 Å². The van der Waals surface area contributed by atoms with Crippen molar-refractivity contribution in [2.24, 2.45) is 0 Å². The van der Waals surface area contributed by atoms with Crippen LogP contribution < -0.4 is 0 Å². The van der Waals surface area contributed by atoms with Crippen molar-refractivity contribution in [2.75, 3.05) is 19.7 Å². The number of hydrogen-bond acceptors (Lipinski definition) is 5. The highest BCUT2D eigenvalue weighted by atomic mass is 16.5. The molecule has 0 radical (unpaired) electrons. The monoisotopic (exact) mass is 395 g/mol. The maximum Gasteiger partial charge on any atom is 0.339 e. The Balaban J connectivity index is 1.69. The number of benzene rings is 2. The van der Waals surface area contributed by atoms with Gasteiger partial charge in [-0.15, -0.1) is 0 Å². The lowest BCUT2D eigenvalue weighted by Gasteiger charge is -2.35. The van der Waals surface area contributed by atoms with Crippen molar-refractivity contribution < 1.29 is 23.9 Å². The average Bonchev–Trinajstić information content (AvgIpc) is 2.71. The first kappa shape index (κ1) is 20.7. The van der Waals surface area contributed by atoms with Crippen LogP contribution in [0.25, 0.3) is 0 Å². The van der Waals surface area contributed by atoms with Crippen molar-refractivity contribution in [3.63, 3.8) is 0 Å². The molecule has 0 spiro atoms. The van der Waals surface area contributed by atoms with Crippen LogP contribution in [0, 0.1) is 6.92 Å². The molecule has 1 fully saturated rings. The predicted molar refractivity (Wildman–Crippen MR) is 108 cm³/mol. The number of hydrogen-bond donors (Lipinski definition) is 0. The lowest BCUT2D eigenvalue weighted by molar-refractivity contribution is -0.146. The Morgan fingerprint density at radius 3 is 2.17 bits per heavy atom. The van der Waals surface area contributed by atoms with Crippen LogP contribution in [0.4, 0.5) is 0 Å². The number of nitrogens with zero attached hydrogens (tertiary/aromatic N) is 1. The van der Waals surface area contributed by atoms with Crippen LogP contribution in [0.1, 0.15) is 45.7 Å². The lowest BCUT2D eigenvalue weighted by atomic mass is 9.98. The molecule has 2 atom stereocenters. The number of carbonyl (C=O) groups is 3. The second-order valence-electron chi connectivity index (χ2n) is 7.37. The van der Waals surface area contributed by atoms with E-state index in [2.05, 4.69) is 0 Å². The fourth-order valence-electron chi connectivity index (χ4n) is 3.40. The molecule has 0 aromatic heterocycles. The van der Waals surface area contributed by atoms with E-state index in [9.17, 15) is 14.4 Å². The minimum Gasteiger partial charge on any atom is -0.452 e. The van der Waals surface area contributed by atoms with Gasteiger partial charge in [0.25, 0.3) is 5.91 Å². The van der Waals surface area contributed by atoms with E-state index in [-0.39, 0.29) is 41.6 Å². The summed E-state index contributed by atoms with van der Waals surface area (Å²) in [6.45, 7) is 6.29. The van der Waals surface area contributed by atoms with Crippen molar-refractivity contribution in [1.82, 2.24) is 4.90 Å². The highest BCUT2D eigenvalue weighted by Gasteiger charge is 2.27. The van der Waals surface area contributed by atoms with Crippen molar-refractivity contribution in [3.8, 4) is 0 Å². The molecule has 2 aromatic carbocycles. The van der Waals surface area contributed by atoms with Crippen LogP contribution in [0.15, 0.2) is 48.5 Å². The molecule has 1 amide bonds. The van der Waals surface area contributed by atoms with E-state index in [0.29, 0.717) is 18.7 Å². The average molecular weight is 395 g/mol. The number of morpholine rings is 1. The zero-order chi connectivity index (χ0) is 21.0. The Hall–Kier alpha value is -2.99. The van der Waals surface area contributed by atoms with Gasteiger partial charge in [0.2, 0.25) is 0 Å². The van der Waals surface area contributed by atoms with Gasteiger partial charge in [-0.2, -0.15) is 0 Å². The Bertz CT molecular complexity index is 896. The first-order valence-electron chi connectivity index (χ1n) is 9.66. The molecule has 2 aromatic rings. The second kappa shape index (κ2) is 9.01. The smallest absolute Gasteiger partial charge is 0.339 e. The lowest BCUT2D eigenvalue weighted by Crippen LogP contribution is -2.49. The number of ether oxygens (including phenoxy) is 2. The first-order valence-corrected chi connectivity index (χ1v) is 9.66. The van der Waals surface area contributed by atoms with Crippen molar-refractivity contribution in [1.29, 1.82) is 0 Å². The van der Waals surface area contributed by atoms with E-state index in [0.717, 1.165) is 5.56 Å². The predicted octanol–water partition coefficient (Wildman–Crippen LogP) is 3.02. The SMILES string of the molecule is Cc1ccc(C(=O)c2ccccc2C(=O)OCC(=O)N2C[C@@H](C)O[C@H](C)C2)cc1. The minimum absolute atomic E-state index is 0.0636. The normalized spacial score (nSPS) is 18.9. The molecule has 0 aliphatic carbocycles. The number of aryl methyl sites for hydroxylation is 1. The van der Waals surface area contributed by atoms with Gasteiger partial charge in [-0.25, -0.2) is 4.79 Å². The van der Waals surface area contributed by atoms with Crippen LogP contribution in [-0.4, -0.2) is 54.5 Å². The number of carbonyl (C=O) groups excluding carboxylic acids is 3. The summed E-state index contributed by atoms with van der Waals surface area (Å²) in [7, 11) is 0. The second-order valence-corrected chi connectivity index (χ2v) is 7.37. The standard InChI is InChI=1S/C23H25NO5/c1-15-8-10-18(11-9-15)22(26)19-6-4-5-7-20(19)23(27)28-14-21(25)24-12-16(2)29-17(3)13-24/h4-11,16-17H,12-14H2,1-3H3/t16-,17-/m1/s1. The summed E-state index contributed by atoms with van der Waals surface area (Å²) < 4.78 is 10.9. The Morgan fingerprint density at radius 1 is 0.966 bits per heavy atom. The van der Waals surface area contributed by atoms with Crippen LogP contribution in [0.3, 0.4) is 0 Å².